The summed E-state index contributed by atoms with van der Waals surface area (Å²) in [4.78, 5) is 10.6. The molecule has 0 aromatic carbocycles. The number of rotatable bonds is 3. The fraction of sp³-hybridized carbons (Fsp3) is 0.538. The topological polar surface area (TPSA) is 26.3 Å². The highest BCUT2D eigenvalue weighted by Gasteiger charge is 2.16. The van der Waals surface area contributed by atoms with Crippen LogP contribution in [0.4, 0.5) is 0 Å². The molecule has 1 fully saturated rings. The summed E-state index contributed by atoms with van der Waals surface area (Å²) in [7, 11) is 0. The van der Waals surface area contributed by atoms with Crippen molar-refractivity contribution in [3.63, 3.8) is 0 Å². The number of esters is 1. The molecule has 0 bridgehead atoms. The van der Waals surface area contributed by atoms with Crippen molar-refractivity contribution < 1.29 is 9.53 Å². The molecular formula is C13H18O2. The van der Waals surface area contributed by atoms with Gasteiger partial charge in [0.05, 0.1) is 0 Å². The number of ether oxygens (including phenoxy) is 1. The molecule has 0 heterocycles. The van der Waals surface area contributed by atoms with Gasteiger partial charge in [-0.3, -0.25) is 4.79 Å². The van der Waals surface area contributed by atoms with E-state index in [1.54, 1.807) is 0 Å². The lowest BCUT2D eigenvalue weighted by molar-refractivity contribution is -0.135. The highest BCUT2D eigenvalue weighted by Crippen LogP contribution is 2.31. The Labute approximate surface area is 91.3 Å². The summed E-state index contributed by atoms with van der Waals surface area (Å²) in [6.45, 7) is 5.15. The molecular weight excluding hydrogens is 188 g/mol. The van der Waals surface area contributed by atoms with Crippen molar-refractivity contribution in [2.24, 2.45) is 5.92 Å². The third-order valence-electron chi connectivity index (χ3n) is 2.66. The second-order valence-corrected chi connectivity index (χ2v) is 3.86. The van der Waals surface area contributed by atoms with Crippen LogP contribution in [-0.4, -0.2) is 5.97 Å². The van der Waals surface area contributed by atoms with Gasteiger partial charge in [0.15, 0.2) is 0 Å². The summed E-state index contributed by atoms with van der Waals surface area (Å²) < 4.78 is 4.75. The first-order valence-electron chi connectivity index (χ1n) is 5.46. The van der Waals surface area contributed by atoms with Crippen LogP contribution in [0.2, 0.25) is 0 Å². The molecule has 1 rings (SSSR count). The summed E-state index contributed by atoms with van der Waals surface area (Å²) in [5, 5.41) is 0. The molecule has 0 aromatic rings. The van der Waals surface area contributed by atoms with Crippen molar-refractivity contribution in [2.75, 3.05) is 0 Å². The lowest BCUT2D eigenvalue weighted by atomic mass is 9.83. The van der Waals surface area contributed by atoms with E-state index in [0.29, 0.717) is 5.92 Å². The monoisotopic (exact) mass is 206 g/mol. The van der Waals surface area contributed by atoms with E-state index < -0.39 is 0 Å². The molecule has 0 aliphatic heterocycles. The molecule has 0 aromatic heterocycles. The third kappa shape index (κ3) is 4.18. The van der Waals surface area contributed by atoms with Gasteiger partial charge in [0.25, 0.3) is 0 Å². The van der Waals surface area contributed by atoms with Crippen LogP contribution in [0.25, 0.3) is 0 Å². The minimum absolute atomic E-state index is 0.292. The van der Waals surface area contributed by atoms with Gasteiger partial charge < -0.3 is 4.74 Å². The lowest BCUT2D eigenvalue weighted by Crippen LogP contribution is -2.08. The smallest absolute Gasteiger partial charge is 0.308 e. The third-order valence-corrected chi connectivity index (χ3v) is 2.66. The first-order valence-corrected chi connectivity index (χ1v) is 5.46. The molecule has 0 radical (unpaired) electrons. The maximum atomic E-state index is 10.6. The summed E-state index contributed by atoms with van der Waals surface area (Å²) >= 11 is 0. The first-order chi connectivity index (χ1) is 7.24. The Bertz CT molecular complexity index is 296. The number of allylic oxidation sites excluding steroid dienone is 2. The normalized spacial score (nSPS) is 20.3. The van der Waals surface area contributed by atoms with Crippen molar-refractivity contribution in [3.8, 4) is 0 Å². The highest BCUT2D eigenvalue weighted by atomic mass is 16.5. The van der Waals surface area contributed by atoms with Crippen molar-refractivity contribution in [3.05, 3.63) is 30.2 Å². The van der Waals surface area contributed by atoms with Gasteiger partial charge in [-0.15, -0.1) is 6.58 Å². The minimum Gasteiger partial charge on any atom is -0.426 e. The van der Waals surface area contributed by atoms with E-state index in [-0.39, 0.29) is 5.97 Å². The molecule has 2 heteroatoms. The Morgan fingerprint density at radius 3 is 3.13 bits per heavy atom. The van der Waals surface area contributed by atoms with E-state index in [2.05, 4.69) is 12.3 Å². The molecule has 1 aliphatic rings. The van der Waals surface area contributed by atoms with E-state index >= 15 is 0 Å². The predicted molar refractivity (Wildman–Crippen MR) is 60.1 cm³/mol. The van der Waals surface area contributed by atoms with Crippen LogP contribution in [-0.2, 0) is 9.53 Å². The van der Waals surface area contributed by atoms with Crippen molar-refractivity contribution >= 4 is 5.97 Å². The second kappa shape index (κ2) is 6.26. The van der Waals surface area contributed by atoms with E-state index in [1.807, 2.05) is 6.08 Å². The Morgan fingerprint density at radius 1 is 1.67 bits per heavy atom. The SMILES string of the molecule is C=CCC1CCCCC1=C=COC(C)=O. The Balaban J connectivity index is 2.65. The van der Waals surface area contributed by atoms with Crippen LogP contribution in [0.15, 0.2) is 30.2 Å². The fourth-order valence-electron chi connectivity index (χ4n) is 1.92. The molecule has 0 amide bonds. The molecule has 0 spiro atoms. The van der Waals surface area contributed by atoms with E-state index in [9.17, 15) is 4.79 Å². The van der Waals surface area contributed by atoms with Gasteiger partial charge in [0.2, 0.25) is 0 Å². The zero-order valence-electron chi connectivity index (χ0n) is 9.29. The number of hydrogen-bond acceptors (Lipinski definition) is 2. The zero-order valence-corrected chi connectivity index (χ0v) is 9.29. The molecule has 1 atom stereocenters. The van der Waals surface area contributed by atoms with Gasteiger partial charge >= 0.3 is 5.97 Å². The fourth-order valence-corrected chi connectivity index (χ4v) is 1.92. The van der Waals surface area contributed by atoms with Crippen LogP contribution < -0.4 is 0 Å². The Hall–Kier alpha value is -1.27. The van der Waals surface area contributed by atoms with Crippen LogP contribution in [0, 0.1) is 5.92 Å². The molecule has 1 saturated carbocycles. The Morgan fingerprint density at radius 2 is 2.47 bits per heavy atom. The van der Waals surface area contributed by atoms with Gasteiger partial charge in [-0.2, -0.15) is 0 Å². The largest absolute Gasteiger partial charge is 0.426 e. The van der Waals surface area contributed by atoms with Crippen LogP contribution in [0.5, 0.6) is 0 Å². The maximum Gasteiger partial charge on any atom is 0.308 e. The molecule has 15 heavy (non-hydrogen) atoms. The molecule has 1 aliphatic carbocycles. The van der Waals surface area contributed by atoms with Gasteiger partial charge in [-0.1, -0.05) is 18.2 Å². The lowest BCUT2D eigenvalue weighted by Gasteiger charge is -2.22. The molecule has 2 nitrogen and oxygen atoms in total. The first kappa shape index (κ1) is 11.8. The summed E-state index contributed by atoms with van der Waals surface area (Å²) in [5.41, 5.74) is 4.35. The number of hydrogen-bond donors (Lipinski definition) is 0. The second-order valence-electron chi connectivity index (χ2n) is 3.86. The molecule has 1 unspecified atom stereocenters. The van der Waals surface area contributed by atoms with Gasteiger partial charge in [-0.05, 0) is 37.2 Å². The van der Waals surface area contributed by atoms with Crippen LogP contribution >= 0.6 is 0 Å². The van der Waals surface area contributed by atoms with Gasteiger partial charge in [0, 0.05) is 6.92 Å². The summed E-state index contributed by atoms with van der Waals surface area (Å²) in [6.07, 6.45) is 9.08. The van der Waals surface area contributed by atoms with Crippen molar-refractivity contribution in [2.45, 2.75) is 39.0 Å². The summed E-state index contributed by atoms with van der Waals surface area (Å²) in [6, 6.07) is 0. The van der Waals surface area contributed by atoms with Gasteiger partial charge in [0.1, 0.15) is 6.26 Å². The minimum atomic E-state index is -0.292. The van der Waals surface area contributed by atoms with Crippen molar-refractivity contribution in [1.82, 2.24) is 0 Å². The Kier molecular flexibility index (Phi) is 4.92. The van der Waals surface area contributed by atoms with Crippen molar-refractivity contribution in [1.29, 1.82) is 0 Å². The average Bonchev–Trinajstić information content (AvgIpc) is 2.20. The van der Waals surface area contributed by atoms with E-state index in [4.69, 9.17) is 4.74 Å². The number of carbonyl (C=O) groups excluding carboxylic acids is 1. The highest BCUT2D eigenvalue weighted by molar-refractivity contribution is 5.66. The zero-order chi connectivity index (χ0) is 11.1. The molecule has 0 N–H and O–H groups in total. The van der Waals surface area contributed by atoms with Crippen LogP contribution in [0.3, 0.4) is 0 Å². The van der Waals surface area contributed by atoms with Crippen LogP contribution in [0.1, 0.15) is 39.0 Å². The molecule has 82 valence electrons. The maximum absolute atomic E-state index is 10.6. The van der Waals surface area contributed by atoms with Gasteiger partial charge in [-0.25, -0.2) is 0 Å². The van der Waals surface area contributed by atoms with E-state index in [1.165, 1.54) is 38.0 Å². The quantitative estimate of drug-likeness (QED) is 0.306. The summed E-state index contributed by atoms with van der Waals surface area (Å²) in [5.74, 6) is 0.252. The number of carbonyl (C=O) groups is 1. The average molecular weight is 206 g/mol. The predicted octanol–water partition coefficient (Wildman–Crippen LogP) is 3.35. The standard InChI is InChI=1S/C13H18O2/c1-3-6-12-7-4-5-8-13(12)9-10-15-11(2)14/h3,10,12H,1,4-8H2,2H3. The molecule has 0 saturated heterocycles. The van der Waals surface area contributed by atoms with E-state index in [0.717, 1.165) is 12.8 Å².